The molecule has 1 aliphatic heterocycles. The second-order valence-corrected chi connectivity index (χ2v) is 2.94. The van der Waals surface area contributed by atoms with E-state index >= 15 is 0 Å². The first-order chi connectivity index (χ1) is 5.34. The Morgan fingerprint density at radius 3 is 2.91 bits per heavy atom. The SMILES string of the molecule is [NH]CCCN1CCCCC1=O. The molecule has 0 aliphatic carbocycles. The van der Waals surface area contributed by atoms with Gasteiger partial charge in [0.15, 0.2) is 0 Å². The Morgan fingerprint density at radius 1 is 1.45 bits per heavy atom. The fraction of sp³-hybridized carbons (Fsp3) is 0.875. The lowest BCUT2D eigenvalue weighted by atomic mass is 10.1. The summed E-state index contributed by atoms with van der Waals surface area (Å²) in [7, 11) is 0. The van der Waals surface area contributed by atoms with Crippen LogP contribution in [0.1, 0.15) is 25.7 Å². The van der Waals surface area contributed by atoms with Crippen molar-refractivity contribution in [2.45, 2.75) is 25.7 Å². The molecule has 1 N–H and O–H groups in total. The van der Waals surface area contributed by atoms with Crippen molar-refractivity contribution < 1.29 is 4.79 Å². The van der Waals surface area contributed by atoms with Crippen molar-refractivity contribution >= 4 is 5.91 Å². The van der Waals surface area contributed by atoms with Crippen LogP contribution in [0.25, 0.3) is 0 Å². The first kappa shape index (κ1) is 8.53. The van der Waals surface area contributed by atoms with E-state index in [2.05, 4.69) is 0 Å². The molecule has 1 aliphatic rings. The van der Waals surface area contributed by atoms with Crippen LogP contribution in [0.2, 0.25) is 0 Å². The maximum absolute atomic E-state index is 11.2. The zero-order valence-electron chi connectivity index (χ0n) is 6.81. The average molecular weight is 155 g/mol. The molecule has 0 saturated carbocycles. The van der Waals surface area contributed by atoms with Crippen molar-refractivity contribution in [2.75, 3.05) is 19.6 Å². The smallest absolute Gasteiger partial charge is 0.222 e. The number of rotatable bonds is 3. The van der Waals surface area contributed by atoms with Crippen molar-refractivity contribution in [2.24, 2.45) is 0 Å². The molecule has 0 unspecified atom stereocenters. The van der Waals surface area contributed by atoms with E-state index in [0.717, 1.165) is 38.8 Å². The summed E-state index contributed by atoms with van der Waals surface area (Å²) in [6.07, 6.45) is 3.74. The van der Waals surface area contributed by atoms with E-state index in [1.54, 1.807) is 0 Å². The highest BCUT2D eigenvalue weighted by atomic mass is 16.2. The van der Waals surface area contributed by atoms with Gasteiger partial charge in [0.1, 0.15) is 0 Å². The minimum atomic E-state index is 0.282. The number of piperidine rings is 1. The maximum Gasteiger partial charge on any atom is 0.222 e. The first-order valence-electron chi connectivity index (χ1n) is 4.27. The van der Waals surface area contributed by atoms with Gasteiger partial charge in [0.2, 0.25) is 5.91 Å². The second-order valence-electron chi connectivity index (χ2n) is 2.94. The third kappa shape index (κ3) is 2.50. The van der Waals surface area contributed by atoms with Crippen molar-refractivity contribution in [3.8, 4) is 0 Å². The van der Waals surface area contributed by atoms with Crippen molar-refractivity contribution in [1.29, 1.82) is 0 Å². The van der Waals surface area contributed by atoms with Gasteiger partial charge in [0.05, 0.1) is 0 Å². The molecule has 0 aromatic heterocycles. The highest BCUT2D eigenvalue weighted by Gasteiger charge is 2.16. The normalized spacial score (nSPS) is 19.0. The number of amides is 1. The highest BCUT2D eigenvalue weighted by molar-refractivity contribution is 5.76. The molecule has 1 heterocycles. The zero-order valence-corrected chi connectivity index (χ0v) is 6.81. The van der Waals surface area contributed by atoms with Crippen LogP contribution in [0.5, 0.6) is 0 Å². The Bertz CT molecular complexity index is 136. The molecule has 63 valence electrons. The van der Waals surface area contributed by atoms with Gasteiger partial charge in [0.25, 0.3) is 0 Å². The molecule has 1 fully saturated rings. The number of carbonyl (C=O) groups excluding carboxylic acids is 1. The van der Waals surface area contributed by atoms with Gasteiger partial charge in [-0.15, -0.1) is 0 Å². The molecule has 1 radical (unpaired) electrons. The maximum atomic E-state index is 11.2. The molecule has 0 bridgehead atoms. The molecule has 1 amide bonds. The van der Waals surface area contributed by atoms with E-state index < -0.39 is 0 Å². The molecule has 0 spiro atoms. The number of likely N-dealkylation sites (tertiary alicyclic amines) is 1. The van der Waals surface area contributed by atoms with Crippen LogP contribution in [0, 0.1) is 0 Å². The summed E-state index contributed by atoms with van der Waals surface area (Å²) in [4.78, 5) is 13.1. The number of carbonyl (C=O) groups is 1. The zero-order chi connectivity index (χ0) is 8.10. The van der Waals surface area contributed by atoms with E-state index in [1.165, 1.54) is 0 Å². The van der Waals surface area contributed by atoms with E-state index in [4.69, 9.17) is 5.73 Å². The van der Waals surface area contributed by atoms with Gasteiger partial charge >= 0.3 is 0 Å². The predicted molar refractivity (Wildman–Crippen MR) is 43.0 cm³/mol. The Balaban J connectivity index is 2.24. The highest BCUT2D eigenvalue weighted by Crippen LogP contribution is 2.09. The first-order valence-corrected chi connectivity index (χ1v) is 4.27. The fourth-order valence-corrected chi connectivity index (χ4v) is 1.37. The Morgan fingerprint density at radius 2 is 2.27 bits per heavy atom. The van der Waals surface area contributed by atoms with Crippen LogP contribution >= 0.6 is 0 Å². The fourth-order valence-electron chi connectivity index (χ4n) is 1.37. The number of nitrogens with zero attached hydrogens (tertiary/aromatic N) is 1. The predicted octanol–water partition coefficient (Wildman–Crippen LogP) is 0.672. The third-order valence-electron chi connectivity index (χ3n) is 2.03. The second kappa shape index (κ2) is 4.34. The lowest BCUT2D eigenvalue weighted by molar-refractivity contribution is -0.133. The minimum absolute atomic E-state index is 0.282. The van der Waals surface area contributed by atoms with E-state index in [9.17, 15) is 4.79 Å². The van der Waals surface area contributed by atoms with Gasteiger partial charge < -0.3 is 4.90 Å². The van der Waals surface area contributed by atoms with Crippen molar-refractivity contribution in [1.82, 2.24) is 10.6 Å². The lowest BCUT2D eigenvalue weighted by Crippen LogP contribution is -2.36. The molecule has 3 nitrogen and oxygen atoms in total. The van der Waals surface area contributed by atoms with Crippen LogP contribution in [0.3, 0.4) is 0 Å². The minimum Gasteiger partial charge on any atom is -0.343 e. The molecule has 0 atom stereocenters. The van der Waals surface area contributed by atoms with Gasteiger partial charge in [-0.2, -0.15) is 0 Å². The number of hydrogen-bond donors (Lipinski definition) is 0. The Labute approximate surface area is 67.5 Å². The monoisotopic (exact) mass is 155 g/mol. The molecular weight excluding hydrogens is 140 g/mol. The van der Waals surface area contributed by atoms with Crippen molar-refractivity contribution in [3.05, 3.63) is 0 Å². The van der Waals surface area contributed by atoms with Gasteiger partial charge in [-0.05, 0) is 19.3 Å². The van der Waals surface area contributed by atoms with Gasteiger partial charge in [0, 0.05) is 26.1 Å². The molecule has 0 aromatic carbocycles. The van der Waals surface area contributed by atoms with Crippen molar-refractivity contribution in [3.63, 3.8) is 0 Å². The summed E-state index contributed by atoms with van der Waals surface area (Å²) in [5, 5.41) is 0. The standard InChI is InChI=1S/C8H15N2O/c9-5-3-7-10-6-2-1-4-8(10)11/h9H,1-7H2. The van der Waals surface area contributed by atoms with E-state index in [-0.39, 0.29) is 5.91 Å². The Kier molecular flexibility index (Phi) is 3.36. The largest absolute Gasteiger partial charge is 0.343 e. The topological polar surface area (TPSA) is 44.1 Å². The van der Waals surface area contributed by atoms with Crippen LogP contribution in [-0.4, -0.2) is 30.4 Å². The summed E-state index contributed by atoms with van der Waals surface area (Å²) in [6.45, 7) is 2.14. The molecule has 3 heteroatoms. The molecular formula is C8H15N2O. The van der Waals surface area contributed by atoms with Gasteiger partial charge in [-0.25, -0.2) is 0 Å². The Hall–Kier alpha value is -0.570. The quantitative estimate of drug-likeness (QED) is 0.590. The summed E-state index contributed by atoms with van der Waals surface area (Å²) < 4.78 is 0. The van der Waals surface area contributed by atoms with Gasteiger partial charge in [-0.1, -0.05) is 0 Å². The third-order valence-corrected chi connectivity index (χ3v) is 2.03. The molecule has 1 rings (SSSR count). The summed E-state index contributed by atoms with van der Waals surface area (Å²) in [6, 6.07) is 0. The molecule has 0 aromatic rings. The van der Waals surface area contributed by atoms with E-state index in [0.29, 0.717) is 6.54 Å². The van der Waals surface area contributed by atoms with Crippen LogP contribution < -0.4 is 5.73 Å². The van der Waals surface area contributed by atoms with Gasteiger partial charge in [-0.3, -0.25) is 10.5 Å². The van der Waals surface area contributed by atoms with Crippen LogP contribution in [-0.2, 0) is 4.79 Å². The number of nitrogens with one attached hydrogen (secondary N) is 1. The lowest BCUT2D eigenvalue weighted by Gasteiger charge is -2.26. The summed E-state index contributed by atoms with van der Waals surface area (Å²) in [5.41, 5.74) is 6.95. The summed E-state index contributed by atoms with van der Waals surface area (Å²) >= 11 is 0. The molecule has 1 saturated heterocycles. The van der Waals surface area contributed by atoms with Crippen LogP contribution in [0.15, 0.2) is 0 Å². The van der Waals surface area contributed by atoms with E-state index in [1.807, 2.05) is 4.90 Å². The van der Waals surface area contributed by atoms with Crippen LogP contribution in [0.4, 0.5) is 0 Å². The summed E-state index contributed by atoms with van der Waals surface area (Å²) in [5.74, 6) is 0.282. The molecule has 11 heavy (non-hydrogen) atoms. The number of hydrogen-bond acceptors (Lipinski definition) is 1. The average Bonchev–Trinajstić information content (AvgIpc) is 2.03.